The van der Waals surface area contributed by atoms with Crippen LogP contribution in [0.15, 0.2) is 24.3 Å². The van der Waals surface area contributed by atoms with Crippen molar-refractivity contribution in [3.8, 4) is 0 Å². The zero-order valence-electron chi connectivity index (χ0n) is 14.9. The fourth-order valence-electron chi connectivity index (χ4n) is 2.46. The van der Waals surface area contributed by atoms with E-state index in [1.54, 1.807) is 0 Å². The van der Waals surface area contributed by atoms with Gasteiger partial charge in [-0.05, 0) is 30.5 Å². The summed E-state index contributed by atoms with van der Waals surface area (Å²) in [5.74, 6) is -0.619. The van der Waals surface area contributed by atoms with Crippen LogP contribution in [-0.4, -0.2) is 58.0 Å². The maximum Gasteiger partial charge on any atom is 0.303 e. The second-order valence-corrected chi connectivity index (χ2v) is 6.63. The molecule has 2 rings (SSSR count). The molecule has 0 radical (unpaired) electrons. The number of halogens is 2. The van der Waals surface area contributed by atoms with Crippen molar-refractivity contribution in [3.05, 3.63) is 29.8 Å². The largest absolute Gasteiger partial charge is 0.481 e. The number of aliphatic carboxylic acids is 1. The van der Waals surface area contributed by atoms with Crippen molar-refractivity contribution in [3.63, 3.8) is 0 Å². The van der Waals surface area contributed by atoms with Crippen molar-refractivity contribution in [2.75, 3.05) is 29.7 Å². The van der Waals surface area contributed by atoms with Crippen molar-refractivity contribution in [1.82, 2.24) is 5.06 Å². The first kappa shape index (κ1) is 23.2. The first-order chi connectivity index (χ1) is 12.9. The number of carboxylic acids is 1. The second kappa shape index (κ2) is 12.5. The lowest BCUT2D eigenvalue weighted by molar-refractivity contribution is -0.171. The van der Waals surface area contributed by atoms with Gasteiger partial charge in [0.25, 0.3) is 11.8 Å². The minimum absolute atomic E-state index is 0.148. The van der Waals surface area contributed by atoms with Gasteiger partial charge in [0.2, 0.25) is 0 Å². The Morgan fingerprint density at radius 2 is 1.56 bits per heavy atom. The third-order valence-corrected chi connectivity index (χ3v) is 4.23. The number of hydrogen-bond donors (Lipinski definition) is 2. The molecule has 0 atom stereocenters. The van der Waals surface area contributed by atoms with Crippen LogP contribution in [0.5, 0.6) is 0 Å². The zero-order chi connectivity index (χ0) is 20.2. The van der Waals surface area contributed by atoms with Crippen LogP contribution < -0.4 is 4.90 Å². The highest BCUT2D eigenvalue weighted by Gasteiger charge is 2.26. The fraction of sp³-hybridized carbons (Fsp3) is 0.500. The molecule has 27 heavy (non-hydrogen) atoms. The van der Waals surface area contributed by atoms with E-state index in [0.29, 0.717) is 18.2 Å². The number of hydroxylamine groups is 2. The third-order valence-electron chi connectivity index (χ3n) is 3.89. The summed E-state index contributed by atoms with van der Waals surface area (Å²) < 4.78 is 0. The Hall–Kier alpha value is -1.83. The van der Waals surface area contributed by atoms with E-state index in [1.165, 1.54) is 0 Å². The van der Waals surface area contributed by atoms with E-state index in [9.17, 15) is 14.4 Å². The maximum atomic E-state index is 10.4. The highest BCUT2D eigenvalue weighted by atomic mass is 35.5. The predicted molar refractivity (Wildman–Crippen MR) is 104 cm³/mol. The Labute approximate surface area is 168 Å². The van der Waals surface area contributed by atoms with Gasteiger partial charge < -0.3 is 10.0 Å². The minimum Gasteiger partial charge on any atom is -0.481 e. The van der Waals surface area contributed by atoms with Gasteiger partial charge in [0.1, 0.15) is 0 Å². The summed E-state index contributed by atoms with van der Waals surface area (Å²) in [5.41, 5.74) is 2.25. The van der Waals surface area contributed by atoms with Crippen LogP contribution in [0.4, 0.5) is 5.69 Å². The van der Waals surface area contributed by atoms with Crippen molar-refractivity contribution in [1.29, 1.82) is 0 Å². The number of nitrogens with zero attached hydrogens (tertiary/aromatic N) is 2. The average molecular weight is 419 g/mol. The Kier molecular flexibility index (Phi) is 10.8. The molecule has 1 saturated heterocycles. The smallest absolute Gasteiger partial charge is 0.303 e. The molecule has 1 aliphatic heterocycles. The van der Waals surface area contributed by atoms with Crippen LogP contribution in [-0.2, 0) is 20.8 Å². The molecule has 1 aromatic carbocycles. The maximum absolute atomic E-state index is 10.4. The molecule has 1 heterocycles. The molecule has 9 heteroatoms. The quantitative estimate of drug-likeness (QED) is 0.363. The highest BCUT2D eigenvalue weighted by molar-refractivity contribution is 6.18. The van der Waals surface area contributed by atoms with Crippen molar-refractivity contribution < 1.29 is 24.7 Å². The van der Waals surface area contributed by atoms with E-state index < -0.39 is 17.8 Å². The molecule has 0 aliphatic carbocycles. The van der Waals surface area contributed by atoms with Gasteiger partial charge in [0.15, 0.2) is 0 Å². The zero-order valence-corrected chi connectivity index (χ0v) is 16.5. The summed E-state index contributed by atoms with van der Waals surface area (Å²) in [6, 6.07) is 8.14. The summed E-state index contributed by atoms with van der Waals surface area (Å²) >= 11 is 11.5. The number of imide groups is 1. The first-order valence-electron chi connectivity index (χ1n) is 8.61. The van der Waals surface area contributed by atoms with Crippen LogP contribution in [0.25, 0.3) is 0 Å². The average Bonchev–Trinajstić information content (AvgIpc) is 2.93. The molecule has 2 amide bonds. The van der Waals surface area contributed by atoms with Gasteiger partial charge in [0.05, 0.1) is 0 Å². The SMILES string of the molecule is O=C(O)CCCc1ccc(N(CCCl)CCCl)cc1.O=C1CCC(=O)N1O. The number of rotatable bonds is 9. The molecule has 150 valence electrons. The van der Waals surface area contributed by atoms with Gasteiger partial charge in [-0.2, -0.15) is 5.06 Å². The van der Waals surface area contributed by atoms with E-state index in [2.05, 4.69) is 4.90 Å². The van der Waals surface area contributed by atoms with E-state index in [4.69, 9.17) is 33.5 Å². The summed E-state index contributed by atoms with van der Waals surface area (Å²) in [7, 11) is 0. The molecule has 7 nitrogen and oxygen atoms in total. The van der Waals surface area contributed by atoms with Crippen molar-refractivity contribution in [2.24, 2.45) is 0 Å². The number of carboxylic acid groups (broad SMARTS) is 1. The van der Waals surface area contributed by atoms with Crippen molar-refractivity contribution >= 4 is 46.7 Å². The Balaban J connectivity index is 0.000000377. The van der Waals surface area contributed by atoms with E-state index in [0.717, 1.165) is 30.8 Å². The lowest BCUT2D eigenvalue weighted by atomic mass is 10.1. The molecule has 0 saturated carbocycles. The molecule has 2 N–H and O–H groups in total. The summed E-state index contributed by atoms with van der Waals surface area (Å²) in [6.07, 6.45) is 1.97. The van der Waals surface area contributed by atoms with Crippen LogP contribution >= 0.6 is 23.2 Å². The number of alkyl halides is 2. The number of aryl methyl sites for hydroxylation is 1. The molecule has 0 bridgehead atoms. The topological polar surface area (TPSA) is 98.2 Å². The Morgan fingerprint density at radius 3 is 1.93 bits per heavy atom. The molecular formula is C18H24Cl2N2O5. The number of carbonyl (C=O) groups excluding carboxylic acids is 2. The summed E-state index contributed by atoms with van der Waals surface area (Å²) in [4.78, 5) is 33.1. The van der Waals surface area contributed by atoms with Gasteiger partial charge in [-0.1, -0.05) is 12.1 Å². The Bertz CT molecular complexity index is 603. The van der Waals surface area contributed by atoms with E-state index in [-0.39, 0.29) is 24.3 Å². The lowest BCUT2D eigenvalue weighted by Crippen LogP contribution is -2.27. The van der Waals surface area contributed by atoms with Gasteiger partial charge in [-0.25, -0.2) is 0 Å². The third kappa shape index (κ3) is 8.60. The van der Waals surface area contributed by atoms with Crippen LogP contribution in [0.3, 0.4) is 0 Å². The monoisotopic (exact) mass is 418 g/mol. The van der Waals surface area contributed by atoms with Crippen LogP contribution in [0.1, 0.15) is 31.2 Å². The molecule has 1 aromatic rings. The van der Waals surface area contributed by atoms with Gasteiger partial charge in [-0.15, -0.1) is 23.2 Å². The standard InChI is InChI=1S/C14H19Cl2NO2.C4H5NO3/c15-8-10-17(11-9-16)13-6-4-12(5-7-13)2-1-3-14(18)19;6-3-1-2-4(7)5(3)8/h4-7H,1-3,8-11H2,(H,18,19);8H,1-2H2. The van der Waals surface area contributed by atoms with Gasteiger partial charge >= 0.3 is 5.97 Å². The molecule has 0 spiro atoms. The molecule has 1 fully saturated rings. The molecule has 0 unspecified atom stereocenters. The van der Waals surface area contributed by atoms with Gasteiger partial charge in [-0.3, -0.25) is 19.6 Å². The van der Waals surface area contributed by atoms with Crippen LogP contribution in [0.2, 0.25) is 0 Å². The molecule has 0 aromatic heterocycles. The number of carbonyl (C=O) groups is 3. The lowest BCUT2D eigenvalue weighted by Gasteiger charge is -2.23. The fourth-order valence-corrected chi connectivity index (χ4v) is 2.86. The number of hydrogen-bond acceptors (Lipinski definition) is 5. The Morgan fingerprint density at radius 1 is 1.04 bits per heavy atom. The molecular weight excluding hydrogens is 395 g/mol. The molecule has 1 aliphatic rings. The summed E-state index contributed by atoms with van der Waals surface area (Å²) in [5, 5.41) is 17.2. The van der Waals surface area contributed by atoms with E-state index >= 15 is 0 Å². The minimum atomic E-state index is -0.743. The normalized spacial score (nSPS) is 13.4. The number of amides is 2. The highest BCUT2D eigenvalue weighted by Crippen LogP contribution is 2.16. The van der Waals surface area contributed by atoms with E-state index in [1.807, 2.05) is 24.3 Å². The first-order valence-corrected chi connectivity index (χ1v) is 9.68. The predicted octanol–water partition coefficient (Wildman–Crippen LogP) is 2.90. The number of anilines is 1. The number of benzene rings is 1. The summed E-state index contributed by atoms with van der Waals surface area (Å²) in [6.45, 7) is 1.54. The second-order valence-electron chi connectivity index (χ2n) is 5.88. The van der Waals surface area contributed by atoms with Crippen molar-refractivity contribution in [2.45, 2.75) is 32.1 Å². The van der Waals surface area contributed by atoms with Gasteiger partial charge in [0, 0.05) is 49.8 Å². The van der Waals surface area contributed by atoms with Crippen LogP contribution in [0, 0.1) is 0 Å².